The summed E-state index contributed by atoms with van der Waals surface area (Å²) in [5.74, 6) is 0.526. The lowest BCUT2D eigenvalue weighted by atomic mass is 10.1. The summed E-state index contributed by atoms with van der Waals surface area (Å²) < 4.78 is 6.53. The van der Waals surface area contributed by atoms with Gasteiger partial charge in [-0.25, -0.2) is 0 Å². The van der Waals surface area contributed by atoms with Gasteiger partial charge in [-0.15, -0.1) is 0 Å². The molecule has 0 saturated heterocycles. The summed E-state index contributed by atoms with van der Waals surface area (Å²) in [5, 5.41) is 2.89. The van der Waals surface area contributed by atoms with Crippen LogP contribution in [-0.4, -0.2) is 24.1 Å². The van der Waals surface area contributed by atoms with Gasteiger partial charge in [0.15, 0.2) is 6.10 Å². The van der Waals surface area contributed by atoms with E-state index in [-0.39, 0.29) is 11.4 Å². The largest absolute Gasteiger partial charge is 0.480 e. The minimum atomic E-state index is -0.550. The van der Waals surface area contributed by atoms with E-state index in [0.29, 0.717) is 12.3 Å². The van der Waals surface area contributed by atoms with Gasteiger partial charge >= 0.3 is 0 Å². The van der Waals surface area contributed by atoms with Crippen molar-refractivity contribution in [2.45, 2.75) is 45.8 Å². The molecule has 0 spiro atoms. The van der Waals surface area contributed by atoms with Gasteiger partial charge in [0, 0.05) is 5.54 Å². The fourth-order valence-electron chi connectivity index (χ4n) is 1.68. The quantitative estimate of drug-likeness (QED) is 0.864. The second-order valence-corrected chi connectivity index (χ2v) is 6.66. The van der Waals surface area contributed by atoms with Gasteiger partial charge in [-0.3, -0.25) is 4.79 Å². The normalized spacial score (nSPS) is 12.9. The van der Waals surface area contributed by atoms with E-state index in [4.69, 9.17) is 10.5 Å². The van der Waals surface area contributed by atoms with Crippen LogP contribution >= 0.6 is 15.9 Å². The smallest absolute Gasteiger partial charge is 0.261 e. The summed E-state index contributed by atoms with van der Waals surface area (Å²) in [6, 6.07) is 5.79. The Morgan fingerprint density at radius 2 is 2.10 bits per heavy atom. The Kier molecular flexibility index (Phi) is 6.02. The number of ether oxygens (including phenoxy) is 1. The molecule has 3 N–H and O–H groups in total. The first-order chi connectivity index (χ1) is 9.23. The number of amides is 1. The van der Waals surface area contributed by atoms with Gasteiger partial charge in [0.25, 0.3) is 5.91 Å². The summed E-state index contributed by atoms with van der Waals surface area (Å²) in [6.45, 7) is 8.16. The Morgan fingerprint density at radius 1 is 1.45 bits per heavy atom. The van der Waals surface area contributed by atoms with E-state index in [2.05, 4.69) is 21.2 Å². The minimum absolute atomic E-state index is 0.129. The Morgan fingerprint density at radius 3 is 2.60 bits per heavy atom. The highest BCUT2D eigenvalue weighted by atomic mass is 79.9. The van der Waals surface area contributed by atoms with E-state index < -0.39 is 6.10 Å². The van der Waals surface area contributed by atoms with E-state index in [0.717, 1.165) is 16.5 Å². The number of benzene rings is 1. The lowest BCUT2D eigenvalue weighted by Gasteiger charge is -2.24. The van der Waals surface area contributed by atoms with Crippen LogP contribution in [0.15, 0.2) is 22.7 Å². The third-order valence-corrected chi connectivity index (χ3v) is 3.22. The first kappa shape index (κ1) is 17.0. The van der Waals surface area contributed by atoms with Crippen LogP contribution in [0, 0.1) is 0 Å². The van der Waals surface area contributed by atoms with Gasteiger partial charge in [-0.05, 0) is 74.3 Å². The van der Waals surface area contributed by atoms with Gasteiger partial charge in [0.05, 0.1) is 4.47 Å². The molecule has 1 amide bonds. The van der Waals surface area contributed by atoms with Crippen LogP contribution in [-0.2, 0) is 11.2 Å². The van der Waals surface area contributed by atoms with E-state index in [1.807, 2.05) is 39.0 Å². The van der Waals surface area contributed by atoms with Gasteiger partial charge in [0.1, 0.15) is 5.75 Å². The van der Waals surface area contributed by atoms with Crippen LogP contribution in [0.2, 0.25) is 0 Å². The van der Waals surface area contributed by atoms with Crippen molar-refractivity contribution in [2.24, 2.45) is 5.73 Å². The predicted molar refractivity (Wildman–Crippen MR) is 84.9 cm³/mol. The van der Waals surface area contributed by atoms with Crippen molar-refractivity contribution in [3.05, 3.63) is 28.2 Å². The predicted octanol–water partition coefficient (Wildman–Crippen LogP) is 2.63. The van der Waals surface area contributed by atoms with Crippen molar-refractivity contribution in [3.63, 3.8) is 0 Å². The molecule has 0 heterocycles. The van der Waals surface area contributed by atoms with Crippen LogP contribution in [0.4, 0.5) is 0 Å². The molecule has 112 valence electrons. The second-order valence-electron chi connectivity index (χ2n) is 5.80. The standard InChI is InChI=1S/C15H23BrN2O2/c1-10(14(19)18-15(2,3)4)20-13-6-5-11(7-8-17)9-12(13)16/h5-6,9-10H,7-8,17H2,1-4H3,(H,18,19). The Hall–Kier alpha value is -1.07. The maximum atomic E-state index is 12.0. The Balaban J connectivity index is 2.70. The summed E-state index contributed by atoms with van der Waals surface area (Å²) >= 11 is 3.46. The molecule has 0 aromatic heterocycles. The van der Waals surface area contributed by atoms with Crippen LogP contribution in [0.25, 0.3) is 0 Å². The maximum Gasteiger partial charge on any atom is 0.261 e. The zero-order chi connectivity index (χ0) is 15.3. The van der Waals surface area contributed by atoms with Crippen molar-refractivity contribution in [1.29, 1.82) is 0 Å². The molecule has 0 bridgehead atoms. The lowest BCUT2D eigenvalue weighted by Crippen LogP contribution is -2.46. The monoisotopic (exact) mass is 342 g/mol. The molecule has 0 aliphatic rings. The number of carbonyl (C=O) groups excluding carboxylic acids is 1. The number of rotatable bonds is 5. The molecule has 0 aliphatic carbocycles. The van der Waals surface area contributed by atoms with Crippen LogP contribution in [0.3, 0.4) is 0 Å². The number of hydrogen-bond acceptors (Lipinski definition) is 3. The highest BCUT2D eigenvalue weighted by molar-refractivity contribution is 9.10. The van der Waals surface area contributed by atoms with Gasteiger partial charge in [0.2, 0.25) is 0 Å². The first-order valence-electron chi connectivity index (χ1n) is 6.70. The molecule has 20 heavy (non-hydrogen) atoms. The highest BCUT2D eigenvalue weighted by Gasteiger charge is 2.21. The summed E-state index contributed by atoms with van der Waals surface area (Å²) in [4.78, 5) is 12.0. The van der Waals surface area contributed by atoms with Gasteiger partial charge in [-0.2, -0.15) is 0 Å². The molecule has 0 saturated carbocycles. The molecule has 1 unspecified atom stereocenters. The molecule has 1 aromatic carbocycles. The zero-order valence-electron chi connectivity index (χ0n) is 12.5. The van der Waals surface area contributed by atoms with Crippen molar-refractivity contribution in [2.75, 3.05) is 6.54 Å². The van der Waals surface area contributed by atoms with Crippen molar-refractivity contribution in [3.8, 4) is 5.75 Å². The highest BCUT2D eigenvalue weighted by Crippen LogP contribution is 2.27. The average Bonchev–Trinajstić information content (AvgIpc) is 2.30. The topological polar surface area (TPSA) is 64.3 Å². The molecule has 5 heteroatoms. The number of nitrogens with two attached hydrogens (primary N) is 1. The SMILES string of the molecule is CC(Oc1ccc(CCN)cc1Br)C(=O)NC(C)(C)C. The van der Waals surface area contributed by atoms with Crippen molar-refractivity contribution in [1.82, 2.24) is 5.32 Å². The number of hydrogen-bond donors (Lipinski definition) is 2. The van der Waals surface area contributed by atoms with E-state index in [9.17, 15) is 4.79 Å². The van der Waals surface area contributed by atoms with E-state index >= 15 is 0 Å². The molecule has 1 aromatic rings. The zero-order valence-corrected chi connectivity index (χ0v) is 14.1. The molecule has 4 nitrogen and oxygen atoms in total. The molecule has 0 radical (unpaired) electrons. The van der Waals surface area contributed by atoms with Crippen LogP contribution < -0.4 is 15.8 Å². The molecule has 1 rings (SSSR count). The number of nitrogens with one attached hydrogen (secondary N) is 1. The molecular formula is C15H23BrN2O2. The number of carbonyl (C=O) groups is 1. The van der Waals surface area contributed by atoms with Crippen molar-refractivity contribution < 1.29 is 9.53 Å². The third kappa shape index (κ3) is 5.51. The van der Waals surface area contributed by atoms with E-state index in [1.54, 1.807) is 6.92 Å². The second kappa shape index (κ2) is 7.09. The molecular weight excluding hydrogens is 320 g/mol. The molecule has 0 fully saturated rings. The average molecular weight is 343 g/mol. The third-order valence-electron chi connectivity index (χ3n) is 2.60. The van der Waals surface area contributed by atoms with Crippen molar-refractivity contribution >= 4 is 21.8 Å². The van der Waals surface area contributed by atoms with Crippen LogP contribution in [0.1, 0.15) is 33.3 Å². The summed E-state index contributed by atoms with van der Waals surface area (Å²) in [5.41, 5.74) is 6.40. The summed E-state index contributed by atoms with van der Waals surface area (Å²) in [7, 11) is 0. The Bertz CT molecular complexity index is 469. The van der Waals surface area contributed by atoms with E-state index in [1.165, 1.54) is 0 Å². The van der Waals surface area contributed by atoms with Gasteiger partial charge in [-0.1, -0.05) is 6.07 Å². The molecule has 0 aliphatic heterocycles. The number of halogens is 1. The Labute approximate surface area is 129 Å². The lowest BCUT2D eigenvalue weighted by molar-refractivity contribution is -0.128. The fourth-order valence-corrected chi connectivity index (χ4v) is 2.20. The molecule has 1 atom stereocenters. The first-order valence-corrected chi connectivity index (χ1v) is 7.49. The maximum absolute atomic E-state index is 12.0. The fraction of sp³-hybridized carbons (Fsp3) is 0.533. The summed E-state index contributed by atoms with van der Waals surface area (Å²) in [6.07, 6.45) is 0.268. The van der Waals surface area contributed by atoms with Crippen LogP contribution in [0.5, 0.6) is 5.75 Å². The minimum Gasteiger partial charge on any atom is -0.480 e. The van der Waals surface area contributed by atoms with Gasteiger partial charge < -0.3 is 15.8 Å².